The first-order chi connectivity index (χ1) is 16.8. The Labute approximate surface area is 198 Å². The maximum absolute atomic E-state index is 6.58. The molecule has 2 aliphatic heterocycles. The zero-order valence-corrected chi connectivity index (χ0v) is 18.7. The largest absolute Gasteiger partial charge is 0.458 e. The van der Waals surface area contributed by atoms with E-state index < -0.39 is 0 Å². The van der Waals surface area contributed by atoms with Gasteiger partial charge < -0.3 is 9.47 Å². The Morgan fingerprint density at radius 2 is 1.32 bits per heavy atom. The van der Waals surface area contributed by atoms with Crippen molar-refractivity contribution in [1.82, 2.24) is 4.98 Å². The van der Waals surface area contributed by atoms with Crippen LogP contribution in [-0.2, 0) is 0 Å². The average Bonchev–Trinajstić information content (AvgIpc) is 2.89. The molecule has 160 valence electrons. The van der Waals surface area contributed by atoms with Crippen molar-refractivity contribution in [3.63, 3.8) is 0 Å². The summed E-state index contributed by atoms with van der Waals surface area (Å²) in [6.45, 7) is 2.16. The first-order valence-electron chi connectivity index (χ1n) is 11.5. The number of benzene rings is 4. The van der Waals surface area contributed by atoms with Crippen LogP contribution < -0.4 is 25.9 Å². The molecule has 3 nitrogen and oxygen atoms in total. The smallest absolute Gasteiger partial charge is 0.260 e. The van der Waals surface area contributed by atoms with Gasteiger partial charge in [-0.3, -0.25) is 4.98 Å². The van der Waals surface area contributed by atoms with E-state index in [1.807, 2.05) is 36.5 Å². The predicted molar refractivity (Wildman–Crippen MR) is 138 cm³/mol. The molecular formula is C30H20BNO2. The first-order valence-corrected chi connectivity index (χ1v) is 11.5. The van der Waals surface area contributed by atoms with Crippen molar-refractivity contribution in [3.8, 4) is 45.4 Å². The van der Waals surface area contributed by atoms with Crippen molar-refractivity contribution in [1.29, 1.82) is 0 Å². The zero-order chi connectivity index (χ0) is 22.6. The van der Waals surface area contributed by atoms with Crippen molar-refractivity contribution in [2.45, 2.75) is 6.92 Å². The minimum absolute atomic E-state index is 0.0545. The van der Waals surface area contributed by atoms with Gasteiger partial charge in [-0.05, 0) is 64.9 Å². The zero-order valence-electron chi connectivity index (χ0n) is 18.7. The highest BCUT2D eigenvalue weighted by Crippen LogP contribution is 2.40. The number of aromatic nitrogens is 1. The number of fused-ring (bicyclic) bond motifs is 4. The monoisotopic (exact) mass is 437 g/mol. The van der Waals surface area contributed by atoms with Crippen LogP contribution in [0.4, 0.5) is 0 Å². The lowest BCUT2D eigenvalue weighted by atomic mass is 9.34. The van der Waals surface area contributed by atoms with E-state index in [2.05, 4.69) is 73.7 Å². The van der Waals surface area contributed by atoms with Gasteiger partial charge in [0.15, 0.2) is 0 Å². The van der Waals surface area contributed by atoms with E-state index in [9.17, 15) is 0 Å². The average molecular weight is 437 g/mol. The Kier molecular flexibility index (Phi) is 4.15. The van der Waals surface area contributed by atoms with Crippen molar-refractivity contribution >= 4 is 23.1 Å². The van der Waals surface area contributed by atoms with Gasteiger partial charge in [0.1, 0.15) is 23.0 Å². The second kappa shape index (κ2) is 7.36. The molecule has 0 fully saturated rings. The molecule has 0 saturated heterocycles. The SMILES string of the molecule is Cc1cnc(-c2ccc3c4c2Oc2ccccc2B4c2ccccc2O3)cc1-c1ccccc1. The number of hydrogen-bond acceptors (Lipinski definition) is 3. The predicted octanol–water partition coefficient (Wildman–Crippen LogP) is 5.45. The molecule has 2 aliphatic rings. The molecule has 3 heterocycles. The van der Waals surface area contributed by atoms with Crippen molar-refractivity contribution in [3.05, 3.63) is 109 Å². The molecule has 0 saturated carbocycles. The van der Waals surface area contributed by atoms with Gasteiger partial charge in [-0.1, -0.05) is 66.7 Å². The lowest BCUT2D eigenvalue weighted by Gasteiger charge is -2.33. The number of pyridine rings is 1. The van der Waals surface area contributed by atoms with Gasteiger partial charge in [-0.2, -0.15) is 0 Å². The van der Waals surface area contributed by atoms with Crippen LogP contribution in [0.1, 0.15) is 5.56 Å². The minimum Gasteiger partial charge on any atom is -0.458 e. The number of rotatable bonds is 2. The standard InChI is InChI=1S/C30H20BNO2/c1-19-18-32-25(17-22(19)20-9-3-2-4-10-20)21-15-16-28-29-30(21)34-27-14-8-6-12-24(27)31(29)23-11-5-7-13-26(23)33-28/h2-18H,1H3. The van der Waals surface area contributed by atoms with Crippen LogP contribution in [-0.4, -0.2) is 11.7 Å². The van der Waals surface area contributed by atoms with Crippen LogP contribution >= 0.6 is 0 Å². The molecule has 5 aromatic rings. The quantitative estimate of drug-likeness (QED) is 0.337. The van der Waals surface area contributed by atoms with E-state index in [-0.39, 0.29) is 6.71 Å². The Morgan fingerprint density at radius 1 is 0.647 bits per heavy atom. The van der Waals surface area contributed by atoms with Crippen LogP contribution in [0.25, 0.3) is 22.4 Å². The third-order valence-electron chi connectivity index (χ3n) is 6.80. The summed E-state index contributed by atoms with van der Waals surface area (Å²) in [4.78, 5) is 4.82. The first kappa shape index (κ1) is 19.2. The molecule has 34 heavy (non-hydrogen) atoms. The van der Waals surface area contributed by atoms with Gasteiger partial charge >= 0.3 is 0 Å². The van der Waals surface area contributed by atoms with Gasteiger partial charge in [-0.25, -0.2) is 0 Å². The van der Waals surface area contributed by atoms with Gasteiger partial charge in [-0.15, -0.1) is 0 Å². The maximum atomic E-state index is 6.58. The molecule has 0 radical (unpaired) electrons. The van der Waals surface area contributed by atoms with Gasteiger partial charge in [0, 0.05) is 17.2 Å². The second-order valence-electron chi connectivity index (χ2n) is 8.82. The molecule has 0 N–H and O–H groups in total. The maximum Gasteiger partial charge on any atom is 0.260 e. The summed E-state index contributed by atoms with van der Waals surface area (Å²) < 4.78 is 12.9. The van der Waals surface area contributed by atoms with Gasteiger partial charge in [0.05, 0.1) is 5.69 Å². The molecule has 0 unspecified atom stereocenters. The summed E-state index contributed by atoms with van der Waals surface area (Å²) in [5.74, 6) is 3.44. The highest BCUT2D eigenvalue weighted by Gasteiger charge is 2.41. The van der Waals surface area contributed by atoms with Gasteiger partial charge in [0.2, 0.25) is 0 Å². The van der Waals surface area contributed by atoms with Crippen LogP contribution in [0.3, 0.4) is 0 Å². The number of para-hydroxylation sites is 2. The molecule has 0 amide bonds. The molecule has 0 atom stereocenters. The van der Waals surface area contributed by atoms with Crippen molar-refractivity contribution < 1.29 is 9.47 Å². The van der Waals surface area contributed by atoms with E-state index in [1.54, 1.807) is 0 Å². The summed E-state index contributed by atoms with van der Waals surface area (Å²) in [5.41, 5.74) is 8.73. The Balaban J connectivity index is 1.46. The number of ether oxygens (including phenoxy) is 2. The molecule has 0 bridgehead atoms. The lowest BCUT2D eigenvalue weighted by Crippen LogP contribution is -2.57. The topological polar surface area (TPSA) is 31.4 Å². The fourth-order valence-corrected chi connectivity index (χ4v) is 5.19. The third-order valence-corrected chi connectivity index (χ3v) is 6.80. The minimum atomic E-state index is 0.0545. The summed E-state index contributed by atoms with van der Waals surface area (Å²) in [6, 6.07) is 33.3. The number of hydrogen-bond donors (Lipinski definition) is 0. The van der Waals surface area contributed by atoms with Crippen LogP contribution in [0.15, 0.2) is 103 Å². The third kappa shape index (κ3) is 2.82. The van der Waals surface area contributed by atoms with Gasteiger partial charge in [0.25, 0.3) is 6.71 Å². The van der Waals surface area contributed by atoms with E-state index in [1.165, 1.54) is 11.1 Å². The molecule has 4 heteroatoms. The van der Waals surface area contributed by atoms with Crippen LogP contribution in [0.2, 0.25) is 0 Å². The normalized spacial score (nSPS) is 12.7. The Morgan fingerprint density at radius 3 is 2.09 bits per heavy atom. The highest BCUT2D eigenvalue weighted by molar-refractivity contribution is 6.98. The van der Waals surface area contributed by atoms with Crippen molar-refractivity contribution in [2.24, 2.45) is 0 Å². The molecule has 7 rings (SSSR count). The number of aryl methyl sites for hydroxylation is 1. The van der Waals surface area contributed by atoms with Crippen LogP contribution in [0.5, 0.6) is 23.0 Å². The van der Waals surface area contributed by atoms with E-state index >= 15 is 0 Å². The van der Waals surface area contributed by atoms with E-state index in [0.717, 1.165) is 56.2 Å². The molecule has 1 aromatic heterocycles. The van der Waals surface area contributed by atoms with E-state index in [4.69, 9.17) is 14.5 Å². The summed E-state index contributed by atoms with van der Waals surface area (Å²) in [7, 11) is 0. The highest BCUT2D eigenvalue weighted by atomic mass is 16.5. The molecule has 0 aliphatic carbocycles. The molecular weight excluding hydrogens is 417 g/mol. The summed E-state index contributed by atoms with van der Waals surface area (Å²) in [5, 5.41) is 0. The lowest BCUT2D eigenvalue weighted by molar-refractivity contribution is 0.465. The second-order valence-corrected chi connectivity index (χ2v) is 8.82. The fraction of sp³-hybridized carbons (Fsp3) is 0.0333. The summed E-state index contributed by atoms with van der Waals surface area (Å²) in [6.07, 6.45) is 1.95. The molecule has 4 aromatic carbocycles. The van der Waals surface area contributed by atoms with Crippen molar-refractivity contribution in [2.75, 3.05) is 0 Å². The Hall–Kier alpha value is -4.31. The number of nitrogens with zero attached hydrogens (tertiary/aromatic N) is 1. The summed E-state index contributed by atoms with van der Waals surface area (Å²) >= 11 is 0. The van der Waals surface area contributed by atoms with E-state index in [0.29, 0.717) is 0 Å². The Bertz CT molecular complexity index is 1570. The molecule has 0 spiro atoms. The fourth-order valence-electron chi connectivity index (χ4n) is 5.19. The van der Waals surface area contributed by atoms with Crippen LogP contribution in [0, 0.1) is 6.92 Å².